The van der Waals surface area contributed by atoms with E-state index in [1.807, 2.05) is 0 Å². The van der Waals surface area contributed by atoms with Gasteiger partial charge in [0.05, 0.1) is 10.0 Å². The Bertz CT molecular complexity index is 366. The molecule has 0 atom stereocenters. The van der Waals surface area contributed by atoms with Crippen molar-refractivity contribution in [2.75, 3.05) is 6.61 Å². The van der Waals surface area contributed by atoms with Crippen molar-refractivity contribution in [3.63, 3.8) is 0 Å². The summed E-state index contributed by atoms with van der Waals surface area (Å²) in [6.07, 6.45) is 0. The topological polar surface area (TPSA) is 26.3 Å². The van der Waals surface area contributed by atoms with Crippen molar-refractivity contribution in [3.8, 4) is 5.75 Å². The largest absolute Gasteiger partial charge is 0.484 e. The summed E-state index contributed by atoms with van der Waals surface area (Å²) in [6.45, 7) is 1.48. The van der Waals surface area contributed by atoms with E-state index < -0.39 is 0 Å². The van der Waals surface area contributed by atoms with Crippen LogP contribution in [0.25, 0.3) is 0 Å². The molecule has 0 aromatic heterocycles. The number of ether oxygens (including phenoxy) is 1. The van der Waals surface area contributed by atoms with Crippen LogP contribution in [0.4, 0.5) is 0 Å². The van der Waals surface area contributed by atoms with Crippen LogP contribution in [-0.2, 0) is 4.79 Å². The van der Waals surface area contributed by atoms with Crippen LogP contribution in [0.15, 0.2) is 12.1 Å². The van der Waals surface area contributed by atoms with Gasteiger partial charge in [0.1, 0.15) is 12.4 Å². The maximum atomic E-state index is 10.7. The number of hydrogen-bond acceptors (Lipinski definition) is 2. The molecule has 1 rings (SSSR count). The van der Waals surface area contributed by atoms with Gasteiger partial charge in [-0.2, -0.15) is 0 Å². The van der Waals surface area contributed by atoms with Gasteiger partial charge in [0.2, 0.25) is 0 Å². The van der Waals surface area contributed by atoms with Gasteiger partial charge in [0.25, 0.3) is 0 Å². The second kappa shape index (κ2) is 5.19. The van der Waals surface area contributed by atoms with Gasteiger partial charge in [-0.1, -0.05) is 23.2 Å². The predicted molar refractivity (Wildman–Crippen MR) is 65.4 cm³/mol. The van der Waals surface area contributed by atoms with E-state index in [4.69, 9.17) is 27.9 Å². The summed E-state index contributed by atoms with van der Waals surface area (Å²) in [5, 5.41) is 0.988. The maximum Gasteiger partial charge on any atom is 0.167 e. The summed E-state index contributed by atoms with van der Waals surface area (Å²) in [5.41, 5.74) is 0. The van der Waals surface area contributed by atoms with Crippen LogP contribution in [0.5, 0.6) is 5.75 Å². The molecule has 0 aliphatic heterocycles. The summed E-state index contributed by atoms with van der Waals surface area (Å²) in [6, 6.07) is 3.30. The van der Waals surface area contributed by atoms with Crippen molar-refractivity contribution in [2.24, 2.45) is 0 Å². The molecule has 0 fully saturated rings. The SMILES string of the molecule is CC(=O)COc1cc(I)c(Cl)cc1Cl. The molecule has 0 radical (unpaired) electrons. The highest BCUT2D eigenvalue weighted by Gasteiger charge is 2.07. The minimum absolute atomic E-state index is 0.0252. The van der Waals surface area contributed by atoms with E-state index in [1.54, 1.807) is 12.1 Å². The third-order valence-corrected chi connectivity index (χ3v) is 3.23. The number of rotatable bonds is 3. The van der Waals surface area contributed by atoms with Crippen LogP contribution in [-0.4, -0.2) is 12.4 Å². The molecule has 0 bridgehead atoms. The van der Waals surface area contributed by atoms with Crippen LogP contribution in [0.2, 0.25) is 10.0 Å². The molecule has 0 saturated carbocycles. The molecular formula is C9H7Cl2IO2. The second-order valence-electron chi connectivity index (χ2n) is 2.69. The highest BCUT2D eigenvalue weighted by molar-refractivity contribution is 14.1. The van der Waals surface area contributed by atoms with E-state index in [-0.39, 0.29) is 12.4 Å². The first kappa shape index (κ1) is 12.1. The fourth-order valence-electron chi connectivity index (χ4n) is 0.794. The van der Waals surface area contributed by atoms with E-state index in [1.165, 1.54) is 6.92 Å². The molecule has 14 heavy (non-hydrogen) atoms. The summed E-state index contributed by atoms with van der Waals surface area (Å²) < 4.78 is 6.03. The van der Waals surface area contributed by atoms with Gasteiger partial charge in [0.15, 0.2) is 5.78 Å². The number of Topliss-reactive ketones (excluding diaryl/α,β-unsaturated/α-hetero) is 1. The monoisotopic (exact) mass is 344 g/mol. The van der Waals surface area contributed by atoms with Crippen molar-refractivity contribution in [3.05, 3.63) is 25.7 Å². The van der Waals surface area contributed by atoms with Gasteiger partial charge in [-0.15, -0.1) is 0 Å². The van der Waals surface area contributed by atoms with Gasteiger partial charge in [-0.3, -0.25) is 4.79 Å². The molecule has 0 aliphatic carbocycles. The lowest BCUT2D eigenvalue weighted by Gasteiger charge is -2.07. The lowest BCUT2D eigenvalue weighted by molar-refractivity contribution is -0.118. The molecule has 0 unspecified atom stereocenters. The van der Waals surface area contributed by atoms with Crippen LogP contribution >= 0.6 is 45.8 Å². The van der Waals surface area contributed by atoms with Crippen molar-refractivity contribution in [1.29, 1.82) is 0 Å². The van der Waals surface area contributed by atoms with E-state index >= 15 is 0 Å². The fraction of sp³-hybridized carbons (Fsp3) is 0.222. The van der Waals surface area contributed by atoms with Crippen molar-refractivity contribution in [2.45, 2.75) is 6.92 Å². The molecule has 0 N–H and O–H groups in total. The van der Waals surface area contributed by atoms with Gasteiger partial charge >= 0.3 is 0 Å². The molecular weight excluding hydrogens is 338 g/mol. The van der Waals surface area contributed by atoms with E-state index in [9.17, 15) is 4.79 Å². The standard InChI is InChI=1S/C9H7Cl2IO2/c1-5(13)4-14-9-3-8(12)6(10)2-7(9)11/h2-3H,4H2,1H3. The van der Waals surface area contributed by atoms with Gasteiger partial charge in [0, 0.05) is 3.57 Å². The first-order valence-corrected chi connectivity index (χ1v) is 5.61. The first-order valence-electron chi connectivity index (χ1n) is 3.77. The Kier molecular flexibility index (Phi) is 4.47. The lowest BCUT2D eigenvalue weighted by Crippen LogP contribution is -2.06. The number of halogens is 3. The number of ketones is 1. The maximum absolute atomic E-state index is 10.7. The molecule has 0 amide bonds. The molecule has 76 valence electrons. The number of carbonyl (C=O) groups is 1. The number of hydrogen-bond donors (Lipinski definition) is 0. The summed E-state index contributed by atoms with van der Waals surface area (Å²) in [4.78, 5) is 10.7. The lowest BCUT2D eigenvalue weighted by atomic mass is 10.3. The Balaban J connectivity index is 2.87. The molecule has 0 saturated heterocycles. The normalized spacial score (nSPS) is 10.0. The van der Waals surface area contributed by atoms with Crippen LogP contribution in [0.3, 0.4) is 0 Å². The summed E-state index contributed by atoms with van der Waals surface area (Å²) in [7, 11) is 0. The molecule has 2 nitrogen and oxygen atoms in total. The quantitative estimate of drug-likeness (QED) is 0.619. The minimum Gasteiger partial charge on any atom is -0.484 e. The van der Waals surface area contributed by atoms with Crippen molar-refractivity contribution >= 4 is 51.6 Å². The average molecular weight is 345 g/mol. The van der Waals surface area contributed by atoms with Gasteiger partial charge < -0.3 is 4.74 Å². The van der Waals surface area contributed by atoms with Gasteiger partial charge in [-0.05, 0) is 41.6 Å². The first-order chi connectivity index (χ1) is 6.50. The minimum atomic E-state index is -0.0500. The Morgan fingerprint density at radius 2 is 2.07 bits per heavy atom. The van der Waals surface area contributed by atoms with Crippen LogP contribution in [0, 0.1) is 3.57 Å². The van der Waals surface area contributed by atoms with Crippen molar-refractivity contribution < 1.29 is 9.53 Å². The third-order valence-electron chi connectivity index (χ3n) is 1.41. The Morgan fingerprint density at radius 3 is 2.64 bits per heavy atom. The summed E-state index contributed by atoms with van der Waals surface area (Å²) >= 11 is 13.8. The predicted octanol–water partition coefficient (Wildman–Crippen LogP) is 3.57. The molecule has 1 aromatic rings. The molecule has 0 spiro atoms. The van der Waals surface area contributed by atoms with Crippen molar-refractivity contribution in [1.82, 2.24) is 0 Å². The molecule has 1 aromatic carbocycles. The zero-order valence-corrected chi connectivity index (χ0v) is 11.0. The zero-order chi connectivity index (χ0) is 10.7. The van der Waals surface area contributed by atoms with Gasteiger partial charge in [-0.25, -0.2) is 0 Å². The van der Waals surface area contributed by atoms with E-state index in [0.717, 1.165) is 3.57 Å². The Hall–Kier alpha value is -0.000000000000000111. The number of benzene rings is 1. The van der Waals surface area contributed by atoms with Crippen LogP contribution < -0.4 is 4.74 Å². The highest BCUT2D eigenvalue weighted by Crippen LogP contribution is 2.31. The van der Waals surface area contributed by atoms with Crippen LogP contribution in [0.1, 0.15) is 6.92 Å². The van der Waals surface area contributed by atoms with E-state index in [0.29, 0.717) is 15.8 Å². The smallest absolute Gasteiger partial charge is 0.167 e. The molecule has 5 heteroatoms. The molecule has 0 aliphatic rings. The Morgan fingerprint density at radius 1 is 1.43 bits per heavy atom. The fourth-order valence-corrected chi connectivity index (χ4v) is 1.67. The third kappa shape index (κ3) is 3.29. The number of carbonyl (C=O) groups excluding carboxylic acids is 1. The Labute approximate surface area is 106 Å². The summed E-state index contributed by atoms with van der Waals surface area (Å²) in [5.74, 6) is 0.432. The highest BCUT2D eigenvalue weighted by atomic mass is 127. The second-order valence-corrected chi connectivity index (χ2v) is 4.66. The molecule has 0 heterocycles. The zero-order valence-electron chi connectivity index (χ0n) is 7.31. The van der Waals surface area contributed by atoms with E-state index in [2.05, 4.69) is 22.6 Å². The average Bonchev–Trinajstić information content (AvgIpc) is 2.09.